The lowest BCUT2D eigenvalue weighted by molar-refractivity contribution is 0.474. The number of aromatic hydroxyl groups is 1. The van der Waals surface area contributed by atoms with Gasteiger partial charge in [-0.3, -0.25) is 0 Å². The molecule has 122 valence electrons. The topological polar surface area (TPSA) is 75.2 Å². The van der Waals surface area contributed by atoms with E-state index in [9.17, 15) is 9.90 Å². The second-order valence-electron chi connectivity index (χ2n) is 5.78. The van der Waals surface area contributed by atoms with Crippen LogP contribution in [0.25, 0.3) is 21.7 Å². The first-order valence-electron chi connectivity index (χ1n) is 7.79. The Morgan fingerprint density at radius 2 is 1.64 bits per heavy atom. The smallest absolute Gasteiger partial charge is 0.336 e. The number of nitrogens with zero attached hydrogens (tertiary/aromatic N) is 2. The minimum atomic E-state index is -0.450. The van der Waals surface area contributed by atoms with E-state index in [1.807, 2.05) is 49.4 Å². The largest absolute Gasteiger partial charge is 0.505 e. The first kappa shape index (κ1) is 15.1. The van der Waals surface area contributed by atoms with Gasteiger partial charge in [0, 0.05) is 22.9 Å². The fourth-order valence-electron chi connectivity index (χ4n) is 2.83. The Morgan fingerprint density at radius 1 is 0.880 bits per heavy atom. The predicted octanol–water partition coefficient (Wildman–Crippen LogP) is 5.38. The van der Waals surface area contributed by atoms with Crippen LogP contribution in [-0.4, -0.2) is 5.11 Å². The molecule has 0 amide bonds. The number of rotatable bonds is 2. The predicted molar refractivity (Wildman–Crippen MR) is 97.0 cm³/mol. The van der Waals surface area contributed by atoms with Crippen molar-refractivity contribution >= 4 is 33.1 Å². The molecule has 0 spiro atoms. The summed E-state index contributed by atoms with van der Waals surface area (Å²) in [5.41, 5.74) is 1.67. The van der Waals surface area contributed by atoms with E-state index >= 15 is 0 Å². The van der Waals surface area contributed by atoms with Gasteiger partial charge in [0.1, 0.15) is 17.0 Å². The highest BCUT2D eigenvalue weighted by molar-refractivity contribution is 5.92. The van der Waals surface area contributed by atoms with Crippen molar-refractivity contribution < 1.29 is 9.52 Å². The van der Waals surface area contributed by atoms with Crippen molar-refractivity contribution in [3.8, 4) is 5.75 Å². The fraction of sp³-hybridized carbons (Fsp3) is 0.0500. The Bertz CT molecular complexity index is 1190. The van der Waals surface area contributed by atoms with Crippen molar-refractivity contribution in [2.75, 3.05) is 0 Å². The molecule has 25 heavy (non-hydrogen) atoms. The quantitative estimate of drug-likeness (QED) is 0.396. The van der Waals surface area contributed by atoms with Gasteiger partial charge in [-0.25, -0.2) is 4.79 Å². The summed E-state index contributed by atoms with van der Waals surface area (Å²) in [6.45, 7) is 1.81. The molecule has 0 fully saturated rings. The van der Waals surface area contributed by atoms with Gasteiger partial charge in [-0.05, 0) is 30.0 Å². The van der Waals surface area contributed by atoms with Crippen LogP contribution in [0.1, 0.15) is 5.56 Å². The first-order valence-corrected chi connectivity index (χ1v) is 7.79. The summed E-state index contributed by atoms with van der Waals surface area (Å²) in [5.74, 6) is -0.0924. The maximum absolute atomic E-state index is 11.4. The number of fused-ring (bicyclic) bond motifs is 2. The summed E-state index contributed by atoms with van der Waals surface area (Å²) in [7, 11) is 0. The van der Waals surface area contributed by atoms with Gasteiger partial charge in [0.05, 0.1) is 5.69 Å². The highest BCUT2D eigenvalue weighted by Gasteiger charge is 2.08. The molecule has 5 heteroatoms. The summed E-state index contributed by atoms with van der Waals surface area (Å²) in [5, 5.41) is 21.4. The molecule has 4 rings (SSSR count). The molecule has 0 bridgehead atoms. The second-order valence-corrected chi connectivity index (χ2v) is 5.78. The van der Waals surface area contributed by atoms with Gasteiger partial charge >= 0.3 is 5.63 Å². The van der Waals surface area contributed by atoms with E-state index in [1.165, 1.54) is 12.1 Å². The van der Waals surface area contributed by atoms with E-state index in [-0.39, 0.29) is 5.75 Å². The van der Waals surface area contributed by atoms with Crippen molar-refractivity contribution in [1.82, 2.24) is 0 Å². The third-order valence-electron chi connectivity index (χ3n) is 4.08. The minimum absolute atomic E-state index is 0.0924. The molecule has 3 aromatic carbocycles. The summed E-state index contributed by atoms with van der Waals surface area (Å²) in [4.78, 5) is 11.4. The lowest BCUT2D eigenvalue weighted by atomic mass is 10.1. The first-order chi connectivity index (χ1) is 12.1. The van der Waals surface area contributed by atoms with Gasteiger partial charge in [0.25, 0.3) is 0 Å². The number of aryl methyl sites for hydroxylation is 1. The van der Waals surface area contributed by atoms with Crippen LogP contribution in [0.4, 0.5) is 11.4 Å². The Labute approximate surface area is 142 Å². The third-order valence-corrected chi connectivity index (χ3v) is 4.08. The Kier molecular flexibility index (Phi) is 3.54. The fourth-order valence-corrected chi connectivity index (χ4v) is 2.83. The Morgan fingerprint density at radius 3 is 2.52 bits per heavy atom. The van der Waals surface area contributed by atoms with Gasteiger partial charge in [-0.15, -0.1) is 10.2 Å². The zero-order valence-electron chi connectivity index (χ0n) is 13.4. The maximum Gasteiger partial charge on any atom is 0.336 e. The number of hydrogen-bond acceptors (Lipinski definition) is 5. The molecule has 0 atom stereocenters. The minimum Gasteiger partial charge on any atom is -0.505 e. The van der Waals surface area contributed by atoms with Crippen LogP contribution in [0.3, 0.4) is 0 Å². The van der Waals surface area contributed by atoms with E-state index in [0.29, 0.717) is 22.3 Å². The molecule has 0 saturated heterocycles. The molecule has 0 aliphatic rings. The summed E-state index contributed by atoms with van der Waals surface area (Å²) in [6.07, 6.45) is 0. The monoisotopic (exact) mass is 330 g/mol. The van der Waals surface area contributed by atoms with Gasteiger partial charge in [-0.1, -0.05) is 36.4 Å². The molecule has 4 aromatic rings. The second kappa shape index (κ2) is 5.87. The van der Waals surface area contributed by atoms with Crippen molar-refractivity contribution in [3.63, 3.8) is 0 Å². The number of phenolic OH excluding ortho intramolecular Hbond substituents is 1. The van der Waals surface area contributed by atoms with Crippen LogP contribution in [0, 0.1) is 6.92 Å². The van der Waals surface area contributed by atoms with Crippen molar-refractivity contribution in [2.24, 2.45) is 10.2 Å². The number of benzene rings is 3. The van der Waals surface area contributed by atoms with Crippen molar-refractivity contribution in [1.29, 1.82) is 0 Å². The molecule has 0 aliphatic heterocycles. The van der Waals surface area contributed by atoms with Crippen LogP contribution < -0.4 is 5.63 Å². The molecule has 1 N–H and O–H groups in total. The zero-order valence-corrected chi connectivity index (χ0v) is 13.4. The molecular formula is C20H14N2O3. The van der Waals surface area contributed by atoms with E-state index in [2.05, 4.69) is 10.2 Å². The SMILES string of the molecule is Cc1cc(=O)oc2cc(O)c(N=Nc3cccc4ccccc34)cc12. The molecule has 0 unspecified atom stereocenters. The lowest BCUT2D eigenvalue weighted by Gasteiger charge is -2.04. The molecular weight excluding hydrogens is 316 g/mol. The average molecular weight is 330 g/mol. The average Bonchev–Trinajstić information content (AvgIpc) is 2.60. The lowest BCUT2D eigenvalue weighted by Crippen LogP contribution is -1.97. The van der Waals surface area contributed by atoms with E-state index < -0.39 is 5.63 Å². The molecule has 1 heterocycles. The molecule has 0 radical (unpaired) electrons. The van der Waals surface area contributed by atoms with Gasteiger partial charge < -0.3 is 9.52 Å². The van der Waals surface area contributed by atoms with E-state index in [4.69, 9.17) is 4.42 Å². The highest BCUT2D eigenvalue weighted by Crippen LogP contribution is 2.34. The maximum atomic E-state index is 11.4. The molecule has 0 saturated carbocycles. The Balaban J connectivity index is 1.83. The van der Waals surface area contributed by atoms with Crippen LogP contribution in [0.5, 0.6) is 5.75 Å². The molecule has 1 aromatic heterocycles. The van der Waals surface area contributed by atoms with Crippen LogP contribution >= 0.6 is 0 Å². The summed E-state index contributed by atoms with van der Waals surface area (Å²) in [6, 6.07) is 18.1. The normalized spacial score (nSPS) is 11.6. The summed E-state index contributed by atoms with van der Waals surface area (Å²) < 4.78 is 5.11. The van der Waals surface area contributed by atoms with Gasteiger partial charge in [0.2, 0.25) is 0 Å². The highest BCUT2D eigenvalue weighted by atomic mass is 16.4. The van der Waals surface area contributed by atoms with Crippen LogP contribution in [0.2, 0.25) is 0 Å². The number of hydrogen-bond donors (Lipinski definition) is 1. The van der Waals surface area contributed by atoms with E-state index in [0.717, 1.165) is 16.3 Å². The number of phenols is 1. The Hall–Kier alpha value is -3.47. The number of azo groups is 1. The zero-order chi connectivity index (χ0) is 17.4. The van der Waals surface area contributed by atoms with E-state index in [1.54, 1.807) is 6.07 Å². The van der Waals surface area contributed by atoms with Crippen molar-refractivity contribution in [2.45, 2.75) is 6.92 Å². The van der Waals surface area contributed by atoms with Gasteiger partial charge in [-0.2, -0.15) is 0 Å². The van der Waals surface area contributed by atoms with Crippen LogP contribution in [-0.2, 0) is 0 Å². The van der Waals surface area contributed by atoms with Crippen LogP contribution in [0.15, 0.2) is 80.1 Å². The molecule has 5 nitrogen and oxygen atoms in total. The third kappa shape index (κ3) is 2.76. The molecule has 0 aliphatic carbocycles. The van der Waals surface area contributed by atoms with Gasteiger partial charge in [0.15, 0.2) is 0 Å². The summed E-state index contributed by atoms with van der Waals surface area (Å²) >= 11 is 0. The van der Waals surface area contributed by atoms with Crippen molar-refractivity contribution in [3.05, 3.63) is 76.6 Å². The standard InChI is InChI=1S/C20H14N2O3/c1-12-9-20(24)25-19-11-18(23)17(10-15(12)19)22-21-16-8-4-6-13-5-2-3-7-14(13)16/h2-11,23H,1H3.